The predicted molar refractivity (Wildman–Crippen MR) is 118 cm³/mol. The van der Waals surface area contributed by atoms with E-state index in [1.165, 1.54) is 17.0 Å². The number of aromatic nitrogens is 2. The molecule has 0 spiro atoms. The molecule has 1 aliphatic heterocycles. The van der Waals surface area contributed by atoms with Gasteiger partial charge in [-0.15, -0.1) is 0 Å². The molecule has 4 rings (SSSR count). The molecule has 1 saturated heterocycles. The number of hydrogen-bond donors (Lipinski definition) is 0. The predicted octanol–water partition coefficient (Wildman–Crippen LogP) is 5.56. The van der Waals surface area contributed by atoms with Crippen LogP contribution in [0.1, 0.15) is 15.9 Å². The molecule has 1 fully saturated rings. The second-order valence-corrected chi connectivity index (χ2v) is 8.13. The molecule has 0 saturated carbocycles. The van der Waals surface area contributed by atoms with E-state index < -0.39 is 17.6 Å². The number of amides is 1. The van der Waals surface area contributed by atoms with E-state index in [1.807, 2.05) is 4.90 Å². The Labute approximate surface area is 197 Å². The maximum atomic E-state index is 13.0. The number of piperazine rings is 1. The number of rotatable bonds is 4. The Bertz CT molecular complexity index is 1150. The third kappa shape index (κ3) is 5.66. The van der Waals surface area contributed by atoms with Gasteiger partial charge in [0.25, 0.3) is 5.91 Å². The number of carbonyl (C=O) groups is 1. The fraction of sp³-hybridized carbons (Fsp3) is 0.227. The Morgan fingerprint density at radius 3 is 2.33 bits per heavy atom. The number of anilines is 1. The Balaban J connectivity index is 1.41. The molecule has 3 aromatic rings. The van der Waals surface area contributed by atoms with Crippen molar-refractivity contribution in [3.05, 3.63) is 75.9 Å². The van der Waals surface area contributed by atoms with Crippen molar-refractivity contribution in [2.45, 2.75) is 6.18 Å². The van der Waals surface area contributed by atoms with E-state index >= 15 is 0 Å². The van der Waals surface area contributed by atoms with E-state index in [-0.39, 0.29) is 5.56 Å². The summed E-state index contributed by atoms with van der Waals surface area (Å²) in [6, 6.07) is 10.8. The summed E-state index contributed by atoms with van der Waals surface area (Å²) in [7, 11) is 0. The zero-order valence-corrected chi connectivity index (χ0v) is 18.5. The van der Waals surface area contributed by atoms with Crippen molar-refractivity contribution in [1.82, 2.24) is 14.9 Å². The summed E-state index contributed by atoms with van der Waals surface area (Å²) in [5.74, 6) is 0.679. The molecule has 1 aromatic heterocycles. The molecule has 1 aliphatic rings. The molecule has 11 heteroatoms. The van der Waals surface area contributed by atoms with Gasteiger partial charge in [-0.1, -0.05) is 29.3 Å². The summed E-state index contributed by atoms with van der Waals surface area (Å²) in [6.07, 6.45) is -2.96. The number of benzene rings is 2. The van der Waals surface area contributed by atoms with Crippen molar-refractivity contribution in [2.75, 3.05) is 31.1 Å². The topological polar surface area (TPSA) is 58.6 Å². The molecule has 6 nitrogen and oxygen atoms in total. The molecule has 0 atom stereocenters. The molecule has 0 unspecified atom stereocenters. The van der Waals surface area contributed by atoms with Gasteiger partial charge < -0.3 is 14.5 Å². The zero-order valence-electron chi connectivity index (χ0n) is 17.0. The van der Waals surface area contributed by atoms with Crippen LogP contribution in [0.15, 0.2) is 54.7 Å². The van der Waals surface area contributed by atoms with Crippen LogP contribution in [-0.4, -0.2) is 47.0 Å². The normalized spacial score (nSPS) is 14.3. The standard InChI is InChI=1S/C22H17Cl2F3N4O2/c23-16-11-17(24)13-18(12-16)33-19-4-5-28-21(29-19)31-8-6-30(7-9-31)20(32)14-2-1-3-15(10-14)22(25,26)27/h1-5,10-13H,6-9H2. The summed E-state index contributed by atoms with van der Waals surface area (Å²) in [5, 5.41) is 0.849. The van der Waals surface area contributed by atoms with Crippen LogP contribution in [0.25, 0.3) is 0 Å². The van der Waals surface area contributed by atoms with Gasteiger partial charge >= 0.3 is 6.18 Å². The smallest absolute Gasteiger partial charge is 0.416 e. The van der Waals surface area contributed by atoms with Crippen molar-refractivity contribution < 1.29 is 22.7 Å². The minimum atomic E-state index is -4.50. The summed E-state index contributed by atoms with van der Waals surface area (Å²) < 4.78 is 44.6. The molecule has 0 bridgehead atoms. The third-order valence-electron chi connectivity index (χ3n) is 4.96. The van der Waals surface area contributed by atoms with Crippen molar-refractivity contribution in [3.8, 4) is 11.6 Å². The van der Waals surface area contributed by atoms with E-state index in [2.05, 4.69) is 9.97 Å². The van der Waals surface area contributed by atoms with Crippen molar-refractivity contribution in [2.24, 2.45) is 0 Å². The molecular formula is C22H17Cl2F3N4O2. The average molecular weight is 497 g/mol. The third-order valence-corrected chi connectivity index (χ3v) is 5.40. The molecule has 0 radical (unpaired) electrons. The first-order valence-corrected chi connectivity index (χ1v) is 10.6. The lowest BCUT2D eigenvalue weighted by Crippen LogP contribution is -2.49. The van der Waals surface area contributed by atoms with Crippen molar-refractivity contribution in [3.63, 3.8) is 0 Å². The van der Waals surface area contributed by atoms with E-state index in [9.17, 15) is 18.0 Å². The van der Waals surface area contributed by atoms with Gasteiger partial charge in [-0.25, -0.2) is 4.98 Å². The molecule has 1 amide bonds. The lowest BCUT2D eigenvalue weighted by atomic mass is 10.1. The van der Waals surface area contributed by atoms with Crippen LogP contribution in [0.3, 0.4) is 0 Å². The van der Waals surface area contributed by atoms with Crippen LogP contribution >= 0.6 is 23.2 Å². The highest BCUT2D eigenvalue weighted by Crippen LogP contribution is 2.30. The Morgan fingerprint density at radius 2 is 1.67 bits per heavy atom. The molecule has 0 N–H and O–H groups in total. The monoisotopic (exact) mass is 496 g/mol. The highest BCUT2D eigenvalue weighted by atomic mass is 35.5. The lowest BCUT2D eigenvalue weighted by molar-refractivity contribution is -0.137. The average Bonchev–Trinajstić information content (AvgIpc) is 2.78. The van der Waals surface area contributed by atoms with Crippen LogP contribution in [0, 0.1) is 0 Å². The first-order valence-electron chi connectivity index (χ1n) is 9.87. The first kappa shape index (κ1) is 23.1. The summed E-state index contributed by atoms with van der Waals surface area (Å²) in [4.78, 5) is 24.7. The number of halogens is 5. The maximum absolute atomic E-state index is 13.0. The molecule has 0 aliphatic carbocycles. The van der Waals surface area contributed by atoms with Gasteiger partial charge in [0.1, 0.15) is 5.75 Å². The summed E-state index contributed by atoms with van der Waals surface area (Å²) in [5.41, 5.74) is -0.844. The zero-order chi connectivity index (χ0) is 23.6. The summed E-state index contributed by atoms with van der Waals surface area (Å²) >= 11 is 12.0. The number of nitrogens with zero attached hydrogens (tertiary/aromatic N) is 4. The van der Waals surface area contributed by atoms with Crippen molar-refractivity contribution >= 4 is 35.1 Å². The van der Waals surface area contributed by atoms with E-state index in [1.54, 1.807) is 30.5 Å². The first-order chi connectivity index (χ1) is 15.7. The Kier molecular flexibility index (Phi) is 6.62. The van der Waals surface area contributed by atoms with Gasteiger partial charge in [-0.05, 0) is 36.4 Å². The minimum absolute atomic E-state index is 0.00473. The van der Waals surface area contributed by atoms with Gasteiger partial charge in [-0.2, -0.15) is 18.2 Å². The van der Waals surface area contributed by atoms with Crippen LogP contribution in [0.4, 0.5) is 19.1 Å². The van der Waals surface area contributed by atoms with E-state index in [0.717, 1.165) is 12.1 Å². The highest BCUT2D eigenvalue weighted by molar-refractivity contribution is 6.34. The quantitative estimate of drug-likeness (QED) is 0.473. The minimum Gasteiger partial charge on any atom is -0.439 e. The number of hydrogen-bond acceptors (Lipinski definition) is 5. The lowest BCUT2D eigenvalue weighted by Gasteiger charge is -2.34. The van der Waals surface area contributed by atoms with Crippen LogP contribution in [0.2, 0.25) is 10.0 Å². The number of ether oxygens (including phenoxy) is 1. The Morgan fingerprint density at radius 1 is 0.970 bits per heavy atom. The Hall–Kier alpha value is -3.04. The van der Waals surface area contributed by atoms with Gasteiger partial charge in [0.2, 0.25) is 11.8 Å². The number of alkyl halides is 3. The van der Waals surface area contributed by atoms with E-state index in [0.29, 0.717) is 53.8 Å². The second-order valence-electron chi connectivity index (χ2n) is 7.26. The molecular weight excluding hydrogens is 480 g/mol. The second kappa shape index (κ2) is 9.44. The maximum Gasteiger partial charge on any atom is 0.416 e. The SMILES string of the molecule is O=C(c1cccc(C(F)(F)F)c1)N1CCN(c2nccc(Oc3cc(Cl)cc(Cl)c3)n2)CC1. The summed E-state index contributed by atoms with van der Waals surface area (Å²) in [6.45, 7) is 1.45. The van der Waals surface area contributed by atoms with Crippen LogP contribution in [0.5, 0.6) is 11.6 Å². The highest BCUT2D eigenvalue weighted by Gasteiger charge is 2.32. The van der Waals surface area contributed by atoms with Gasteiger partial charge in [-0.3, -0.25) is 4.79 Å². The van der Waals surface area contributed by atoms with Crippen molar-refractivity contribution in [1.29, 1.82) is 0 Å². The van der Waals surface area contributed by atoms with Gasteiger partial charge in [0.05, 0.1) is 5.56 Å². The molecule has 172 valence electrons. The van der Waals surface area contributed by atoms with Crippen LogP contribution in [-0.2, 0) is 6.18 Å². The van der Waals surface area contributed by atoms with Crippen LogP contribution < -0.4 is 9.64 Å². The van der Waals surface area contributed by atoms with E-state index in [4.69, 9.17) is 27.9 Å². The van der Waals surface area contributed by atoms with Gasteiger partial charge in [0.15, 0.2) is 0 Å². The fourth-order valence-electron chi connectivity index (χ4n) is 3.37. The fourth-order valence-corrected chi connectivity index (χ4v) is 3.88. The molecule has 2 heterocycles. The van der Waals surface area contributed by atoms with Gasteiger partial charge in [0, 0.05) is 54.1 Å². The molecule has 2 aromatic carbocycles. The molecule has 33 heavy (non-hydrogen) atoms. The largest absolute Gasteiger partial charge is 0.439 e. The number of carbonyl (C=O) groups excluding carboxylic acids is 1.